The molecule has 0 radical (unpaired) electrons. The number of carbonyl (C=O) groups is 2. The maximum Gasteiger partial charge on any atom is 0.271 e. The maximum absolute atomic E-state index is 13.6. The zero-order valence-corrected chi connectivity index (χ0v) is 23.0. The summed E-state index contributed by atoms with van der Waals surface area (Å²) in [7, 11) is -2.81. The van der Waals surface area contributed by atoms with Crippen molar-refractivity contribution in [3.05, 3.63) is 62.6 Å². The van der Waals surface area contributed by atoms with Gasteiger partial charge in [0.25, 0.3) is 5.69 Å². The molecule has 1 unspecified atom stereocenters. The van der Waals surface area contributed by atoms with Gasteiger partial charge >= 0.3 is 0 Å². The molecule has 0 spiro atoms. The van der Waals surface area contributed by atoms with Crippen LogP contribution >= 0.6 is 15.9 Å². The Kier molecular flexibility index (Phi) is 9.82. The lowest BCUT2D eigenvalue weighted by molar-refractivity contribution is -0.384. The van der Waals surface area contributed by atoms with Gasteiger partial charge in [-0.1, -0.05) is 28.1 Å². The molecule has 1 atom stereocenters. The van der Waals surface area contributed by atoms with Crippen molar-refractivity contribution in [2.75, 3.05) is 24.2 Å². The number of nitrogens with zero attached hydrogens (tertiary/aromatic N) is 3. The first-order chi connectivity index (χ1) is 16.7. The van der Waals surface area contributed by atoms with Crippen LogP contribution in [0.2, 0.25) is 0 Å². The first-order valence-corrected chi connectivity index (χ1v) is 13.5. The van der Waals surface area contributed by atoms with E-state index < -0.39 is 39.3 Å². The second-order valence-corrected chi connectivity index (χ2v) is 11.2. The molecule has 0 bridgehead atoms. The molecule has 2 rings (SSSR count). The summed E-state index contributed by atoms with van der Waals surface area (Å²) in [5.74, 6) is -1.05. The monoisotopic (exact) mass is 584 g/mol. The second-order valence-electron chi connectivity index (χ2n) is 8.37. The lowest BCUT2D eigenvalue weighted by Gasteiger charge is -2.32. The molecule has 2 amide bonds. The molecule has 2 aromatic carbocycles. The number of benzene rings is 2. The second kappa shape index (κ2) is 12.2. The fraction of sp³-hybridized carbons (Fsp3) is 0.391. The van der Waals surface area contributed by atoms with Crippen LogP contribution in [0.3, 0.4) is 0 Å². The molecule has 0 aliphatic rings. The molecule has 0 heterocycles. The van der Waals surface area contributed by atoms with E-state index in [1.165, 1.54) is 24.1 Å². The minimum absolute atomic E-state index is 0.0302. The number of hydrogen-bond donors (Lipinski definition) is 1. The average molecular weight is 585 g/mol. The Hall–Kier alpha value is -3.19. The quantitative estimate of drug-likeness (QED) is 0.316. The maximum atomic E-state index is 13.6. The zero-order valence-electron chi connectivity index (χ0n) is 20.6. The third-order valence-electron chi connectivity index (χ3n) is 5.19. The van der Waals surface area contributed by atoms with Crippen molar-refractivity contribution in [2.24, 2.45) is 0 Å². The first kappa shape index (κ1) is 29.0. The van der Waals surface area contributed by atoms with E-state index in [0.717, 1.165) is 26.7 Å². The van der Waals surface area contributed by atoms with Gasteiger partial charge in [-0.2, -0.15) is 0 Å². The largest absolute Gasteiger partial charge is 0.495 e. The highest BCUT2D eigenvalue weighted by molar-refractivity contribution is 9.10. The number of methoxy groups -OCH3 is 1. The number of rotatable bonds is 11. The van der Waals surface area contributed by atoms with E-state index in [1.807, 2.05) is 0 Å². The molecule has 1 N–H and O–H groups in total. The van der Waals surface area contributed by atoms with Gasteiger partial charge in [0.2, 0.25) is 21.8 Å². The summed E-state index contributed by atoms with van der Waals surface area (Å²) in [5.41, 5.74) is 0.184. The van der Waals surface area contributed by atoms with Crippen LogP contribution in [0.5, 0.6) is 5.75 Å². The third kappa shape index (κ3) is 7.65. The molecule has 0 aliphatic carbocycles. The number of carbonyl (C=O) groups excluding carboxylic acids is 2. The predicted molar refractivity (Wildman–Crippen MR) is 139 cm³/mol. The van der Waals surface area contributed by atoms with Gasteiger partial charge in [0.15, 0.2) is 0 Å². The average Bonchev–Trinajstić information content (AvgIpc) is 2.79. The Morgan fingerprint density at radius 3 is 2.25 bits per heavy atom. The number of amides is 2. The number of nitro groups is 1. The minimum atomic E-state index is -4.09. The minimum Gasteiger partial charge on any atom is -0.495 e. The summed E-state index contributed by atoms with van der Waals surface area (Å²) in [6.07, 6.45) is 0.881. The van der Waals surface area contributed by atoms with Gasteiger partial charge in [0, 0.05) is 29.2 Å². The van der Waals surface area contributed by atoms with Crippen LogP contribution < -0.4 is 14.4 Å². The number of halogens is 1. The molecule has 0 saturated heterocycles. The Labute approximate surface area is 218 Å². The third-order valence-corrected chi connectivity index (χ3v) is 6.84. The molecule has 11 nitrogen and oxygen atoms in total. The fourth-order valence-corrected chi connectivity index (χ4v) is 4.47. The van der Waals surface area contributed by atoms with Crippen molar-refractivity contribution < 1.29 is 27.7 Å². The van der Waals surface area contributed by atoms with Crippen molar-refractivity contribution in [3.63, 3.8) is 0 Å². The SMILES string of the molecule is COc1ccc([N+](=O)[O-])cc1N(CC(=O)N(Cc1ccc(Br)cc1)C(C)C(=O)NC(C)C)S(C)(=O)=O. The van der Waals surface area contributed by atoms with Gasteiger partial charge in [-0.05, 0) is 44.5 Å². The van der Waals surface area contributed by atoms with Crippen LogP contribution in [0.1, 0.15) is 26.3 Å². The number of sulfonamides is 1. The number of nitro benzene ring substituents is 1. The van der Waals surface area contributed by atoms with Crippen molar-refractivity contribution in [1.29, 1.82) is 0 Å². The molecule has 0 aliphatic heterocycles. The van der Waals surface area contributed by atoms with Gasteiger partial charge < -0.3 is 15.0 Å². The summed E-state index contributed by atoms with van der Waals surface area (Å²) < 4.78 is 32.2. The van der Waals surface area contributed by atoms with Crippen LogP contribution in [0.4, 0.5) is 11.4 Å². The molecule has 13 heteroatoms. The molecule has 36 heavy (non-hydrogen) atoms. The fourth-order valence-electron chi connectivity index (χ4n) is 3.36. The zero-order chi connectivity index (χ0) is 27.2. The molecule has 0 aromatic heterocycles. The number of anilines is 1. The van der Waals surface area contributed by atoms with Crippen LogP contribution in [0.15, 0.2) is 46.9 Å². The van der Waals surface area contributed by atoms with E-state index in [9.17, 15) is 28.1 Å². The van der Waals surface area contributed by atoms with Crippen LogP contribution in [-0.2, 0) is 26.2 Å². The number of non-ortho nitro benzene ring substituents is 1. The molecular weight excluding hydrogens is 556 g/mol. The normalized spacial score (nSPS) is 12.1. The van der Waals surface area contributed by atoms with Crippen LogP contribution in [-0.4, -0.2) is 62.0 Å². The highest BCUT2D eigenvalue weighted by Gasteiger charge is 2.32. The number of ether oxygens (including phenoxy) is 1. The Balaban J connectivity index is 2.51. The standard InChI is InChI=1S/C23H29BrN4O7S/c1-15(2)25-23(30)16(3)26(13-17-6-8-18(24)9-7-17)22(29)14-27(36(5,33)34)20-12-19(28(31)32)10-11-21(20)35-4/h6-12,15-16H,13-14H2,1-5H3,(H,25,30). The van der Waals surface area contributed by atoms with E-state index in [1.54, 1.807) is 45.0 Å². The van der Waals surface area contributed by atoms with Crippen LogP contribution in [0, 0.1) is 10.1 Å². The Bertz CT molecular complexity index is 1220. The van der Waals surface area contributed by atoms with Gasteiger partial charge in [0.1, 0.15) is 24.0 Å². The highest BCUT2D eigenvalue weighted by atomic mass is 79.9. The molecule has 2 aromatic rings. The first-order valence-electron chi connectivity index (χ1n) is 10.9. The van der Waals surface area contributed by atoms with Gasteiger partial charge in [-0.25, -0.2) is 8.42 Å². The van der Waals surface area contributed by atoms with E-state index in [2.05, 4.69) is 21.2 Å². The van der Waals surface area contributed by atoms with E-state index in [4.69, 9.17) is 4.74 Å². The van der Waals surface area contributed by atoms with Crippen molar-refractivity contribution in [1.82, 2.24) is 10.2 Å². The summed E-state index contributed by atoms with van der Waals surface area (Å²) in [6.45, 7) is 4.44. The summed E-state index contributed by atoms with van der Waals surface area (Å²) in [6, 6.07) is 9.47. The topological polar surface area (TPSA) is 139 Å². The molecular formula is C23H29BrN4O7S. The van der Waals surface area contributed by atoms with Gasteiger partial charge in [-0.15, -0.1) is 0 Å². The van der Waals surface area contributed by atoms with Crippen molar-refractivity contribution in [3.8, 4) is 5.75 Å². The molecule has 196 valence electrons. The van der Waals surface area contributed by atoms with Gasteiger partial charge in [0.05, 0.1) is 18.3 Å². The Morgan fingerprint density at radius 1 is 1.14 bits per heavy atom. The summed E-state index contributed by atoms with van der Waals surface area (Å²) in [4.78, 5) is 38.2. The summed E-state index contributed by atoms with van der Waals surface area (Å²) >= 11 is 3.35. The highest BCUT2D eigenvalue weighted by Crippen LogP contribution is 2.34. The lowest BCUT2D eigenvalue weighted by Crippen LogP contribution is -2.52. The molecule has 0 fully saturated rings. The molecule has 0 saturated carbocycles. The van der Waals surface area contributed by atoms with E-state index >= 15 is 0 Å². The van der Waals surface area contributed by atoms with Crippen LogP contribution in [0.25, 0.3) is 0 Å². The van der Waals surface area contributed by atoms with Gasteiger partial charge in [-0.3, -0.25) is 24.0 Å². The van der Waals surface area contributed by atoms with E-state index in [0.29, 0.717) is 0 Å². The van der Waals surface area contributed by atoms with Crippen molar-refractivity contribution in [2.45, 2.75) is 39.4 Å². The number of nitrogens with one attached hydrogen (secondary N) is 1. The number of hydrogen-bond acceptors (Lipinski definition) is 7. The smallest absolute Gasteiger partial charge is 0.271 e. The summed E-state index contributed by atoms with van der Waals surface area (Å²) in [5, 5.41) is 14.1. The van der Waals surface area contributed by atoms with E-state index in [-0.39, 0.29) is 29.7 Å². The predicted octanol–water partition coefficient (Wildman–Crippen LogP) is 3.07. The van der Waals surface area contributed by atoms with Crippen molar-refractivity contribution >= 4 is 49.1 Å². The lowest BCUT2D eigenvalue weighted by atomic mass is 10.1. The Morgan fingerprint density at radius 2 is 1.75 bits per heavy atom.